The molecule has 0 spiro atoms. The van der Waals surface area contributed by atoms with E-state index in [-0.39, 0.29) is 17.0 Å². The zero-order valence-corrected chi connectivity index (χ0v) is 13.7. The lowest BCUT2D eigenvalue weighted by molar-refractivity contribution is -0.129. The molecule has 7 heteroatoms. The SMILES string of the molecule is CCc1nc(S[C@H](C)C(=O)N(C)Cc2cccc(F)c2)n[nH]1. The van der Waals surface area contributed by atoms with Gasteiger partial charge in [-0.15, -0.1) is 5.10 Å². The Morgan fingerprint density at radius 1 is 1.50 bits per heavy atom. The van der Waals surface area contributed by atoms with Gasteiger partial charge in [-0.1, -0.05) is 30.8 Å². The van der Waals surface area contributed by atoms with E-state index in [4.69, 9.17) is 0 Å². The lowest BCUT2D eigenvalue weighted by Gasteiger charge is -2.20. The van der Waals surface area contributed by atoms with Crippen molar-refractivity contribution in [2.24, 2.45) is 0 Å². The van der Waals surface area contributed by atoms with E-state index in [0.29, 0.717) is 11.7 Å². The molecule has 1 aromatic heterocycles. The van der Waals surface area contributed by atoms with Crippen molar-refractivity contribution < 1.29 is 9.18 Å². The van der Waals surface area contributed by atoms with Crippen LogP contribution in [0.2, 0.25) is 0 Å². The second-order valence-corrected chi connectivity index (χ2v) is 6.31. The number of nitrogens with zero attached hydrogens (tertiary/aromatic N) is 3. The van der Waals surface area contributed by atoms with E-state index in [1.165, 1.54) is 23.9 Å². The van der Waals surface area contributed by atoms with E-state index >= 15 is 0 Å². The first kappa shape index (κ1) is 16.5. The molecule has 2 aromatic rings. The van der Waals surface area contributed by atoms with Gasteiger partial charge in [-0.3, -0.25) is 9.89 Å². The molecule has 1 atom stereocenters. The topological polar surface area (TPSA) is 61.9 Å². The Bertz CT molecular complexity index is 646. The average molecular weight is 322 g/mol. The van der Waals surface area contributed by atoms with Crippen LogP contribution in [0.3, 0.4) is 0 Å². The van der Waals surface area contributed by atoms with E-state index in [2.05, 4.69) is 15.2 Å². The number of carbonyl (C=O) groups is 1. The second kappa shape index (κ2) is 7.40. The summed E-state index contributed by atoms with van der Waals surface area (Å²) in [4.78, 5) is 18.2. The largest absolute Gasteiger partial charge is 0.340 e. The second-order valence-electron chi connectivity index (χ2n) is 5.00. The van der Waals surface area contributed by atoms with Crippen molar-refractivity contribution in [3.8, 4) is 0 Å². The predicted octanol–water partition coefficient (Wildman–Crippen LogP) is 2.65. The molecule has 5 nitrogen and oxygen atoms in total. The quantitative estimate of drug-likeness (QED) is 0.831. The smallest absolute Gasteiger partial charge is 0.235 e. The van der Waals surface area contributed by atoms with Crippen molar-refractivity contribution in [1.29, 1.82) is 0 Å². The van der Waals surface area contributed by atoms with Crippen LogP contribution in [-0.2, 0) is 17.8 Å². The summed E-state index contributed by atoms with van der Waals surface area (Å²) >= 11 is 1.31. The van der Waals surface area contributed by atoms with Crippen molar-refractivity contribution >= 4 is 17.7 Å². The van der Waals surface area contributed by atoms with Gasteiger partial charge in [-0.25, -0.2) is 9.37 Å². The number of aromatic nitrogens is 3. The maximum absolute atomic E-state index is 13.2. The standard InChI is InChI=1S/C15H19FN4OS/c1-4-13-17-15(19-18-13)22-10(2)14(21)20(3)9-11-6-5-7-12(16)8-11/h5-8,10H,4,9H2,1-3H3,(H,17,18,19)/t10-/m1/s1. The van der Waals surface area contributed by atoms with E-state index in [1.54, 1.807) is 24.1 Å². The summed E-state index contributed by atoms with van der Waals surface area (Å²) in [5.41, 5.74) is 0.763. The molecule has 22 heavy (non-hydrogen) atoms. The molecule has 1 heterocycles. The fraction of sp³-hybridized carbons (Fsp3) is 0.400. The minimum atomic E-state index is -0.306. The molecule has 1 aromatic carbocycles. The zero-order chi connectivity index (χ0) is 16.1. The number of aryl methyl sites for hydroxylation is 1. The Hall–Kier alpha value is -1.89. The summed E-state index contributed by atoms with van der Waals surface area (Å²) in [6.45, 7) is 4.17. The molecule has 0 saturated heterocycles. The summed E-state index contributed by atoms with van der Waals surface area (Å²) in [6.07, 6.45) is 0.773. The van der Waals surface area contributed by atoms with Crippen LogP contribution in [0.4, 0.5) is 4.39 Å². The molecule has 0 fully saturated rings. The first-order valence-electron chi connectivity index (χ1n) is 7.07. The fourth-order valence-electron chi connectivity index (χ4n) is 1.99. The number of benzene rings is 1. The Morgan fingerprint density at radius 3 is 2.91 bits per heavy atom. The first-order chi connectivity index (χ1) is 10.5. The van der Waals surface area contributed by atoms with Crippen molar-refractivity contribution in [2.75, 3.05) is 7.05 Å². The number of hydrogen-bond donors (Lipinski definition) is 1. The summed E-state index contributed by atoms with van der Waals surface area (Å²) in [7, 11) is 1.71. The summed E-state index contributed by atoms with van der Waals surface area (Å²) in [5, 5.41) is 7.16. The van der Waals surface area contributed by atoms with Crippen LogP contribution in [0.15, 0.2) is 29.4 Å². The molecular weight excluding hydrogens is 303 g/mol. The first-order valence-corrected chi connectivity index (χ1v) is 7.95. The molecule has 0 saturated carbocycles. The van der Waals surface area contributed by atoms with E-state index in [1.807, 2.05) is 13.8 Å². The van der Waals surface area contributed by atoms with Crippen LogP contribution < -0.4 is 0 Å². The van der Waals surface area contributed by atoms with Crippen LogP contribution >= 0.6 is 11.8 Å². The highest BCUT2D eigenvalue weighted by Crippen LogP contribution is 2.21. The van der Waals surface area contributed by atoms with Crippen LogP contribution in [0.25, 0.3) is 0 Å². The molecule has 0 aliphatic rings. The number of rotatable bonds is 6. The molecule has 0 unspecified atom stereocenters. The molecule has 2 rings (SSSR count). The van der Waals surface area contributed by atoms with Crippen molar-refractivity contribution in [1.82, 2.24) is 20.1 Å². The van der Waals surface area contributed by atoms with Gasteiger partial charge in [0.25, 0.3) is 0 Å². The third-order valence-corrected chi connectivity index (χ3v) is 4.11. The van der Waals surface area contributed by atoms with Gasteiger partial charge in [0, 0.05) is 20.0 Å². The average Bonchev–Trinajstić information content (AvgIpc) is 2.94. The monoisotopic (exact) mass is 322 g/mol. The maximum atomic E-state index is 13.2. The van der Waals surface area contributed by atoms with Gasteiger partial charge in [0.05, 0.1) is 5.25 Å². The molecule has 1 amide bonds. The third-order valence-electron chi connectivity index (χ3n) is 3.16. The Balaban J connectivity index is 1.94. The molecule has 0 aliphatic carbocycles. The highest BCUT2D eigenvalue weighted by atomic mass is 32.2. The van der Waals surface area contributed by atoms with Gasteiger partial charge >= 0.3 is 0 Å². The predicted molar refractivity (Wildman–Crippen MR) is 84.0 cm³/mol. The summed E-state index contributed by atoms with van der Waals surface area (Å²) in [5.74, 6) is 0.459. The van der Waals surface area contributed by atoms with Gasteiger partial charge in [0.15, 0.2) is 0 Å². The number of carbonyl (C=O) groups excluding carboxylic acids is 1. The molecule has 0 aliphatic heterocycles. The van der Waals surface area contributed by atoms with Crippen LogP contribution in [-0.4, -0.2) is 38.3 Å². The van der Waals surface area contributed by atoms with Gasteiger partial charge in [0.2, 0.25) is 11.1 Å². The minimum Gasteiger partial charge on any atom is -0.340 e. The zero-order valence-electron chi connectivity index (χ0n) is 12.8. The number of hydrogen-bond acceptors (Lipinski definition) is 4. The number of nitrogens with one attached hydrogen (secondary N) is 1. The third kappa shape index (κ3) is 4.30. The van der Waals surface area contributed by atoms with Crippen LogP contribution in [0.1, 0.15) is 25.2 Å². The Morgan fingerprint density at radius 2 is 2.27 bits per heavy atom. The van der Waals surface area contributed by atoms with Crippen molar-refractivity contribution in [2.45, 2.75) is 37.2 Å². The molecular formula is C15H19FN4OS. The molecule has 0 radical (unpaired) electrons. The number of H-pyrrole nitrogens is 1. The number of thioether (sulfide) groups is 1. The van der Waals surface area contributed by atoms with Crippen molar-refractivity contribution in [3.05, 3.63) is 41.5 Å². The number of amides is 1. The van der Waals surface area contributed by atoms with Gasteiger partial charge < -0.3 is 4.90 Å². The lowest BCUT2D eigenvalue weighted by Crippen LogP contribution is -2.32. The van der Waals surface area contributed by atoms with Crippen molar-refractivity contribution in [3.63, 3.8) is 0 Å². The summed E-state index contributed by atoms with van der Waals surface area (Å²) < 4.78 is 13.2. The normalized spacial score (nSPS) is 12.2. The van der Waals surface area contributed by atoms with Gasteiger partial charge in [-0.05, 0) is 24.6 Å². The molecule has 0 bridgehead atoms. The highest BCUT2D eigenvalue weighted by Gasteiger charge is 2.20. The fourth-order valence-corrected chi connectivity index (χ4v) is 2.85. The number of aromatic amines is 1. The Labute approximate surface area is 133 Å². The highest BCUT2D eigenvalue weighted by molar-refractivity contribution is 8.00. The summed E-state index contributed by atoms with van der Waals surface area (Å²) in [6, 6.07) is 6.26. The van der Waals surface area contributed by atoms with Crippen LogP contribution in [0.5, 0.6) is 0 Å². The lowest BCUT2D eigenvalue weighted by atomic mass is 10.2. The molecule has 118 valence electrons. The van der Waals surface area contributed by atoms with E-state index in [9.17, 15) is 9.18 Å². The van der Waals surface area contributed by atoms with E-state index < -0.39 is 0 Å². The van der Waals surface area contributed by atoms with Gasteiger partial charge in [0.1, 0.15) is 11.6 Å². The van der Waals surface area contributed by atoms with Crippen LogP contribution in [0, 0.1) is 5.82 Å². The maximum Gasteiger partial charge on any atom is 0.235 e. The Kier molecular flexibility index (Phi) is 5.54. The van der Waals surface area contributed by atoms with Gasteiger partial charge in [-0.2, -0.15) is 0 Å². The molecule has 1 N–H and O–H groups in total. The van der Waals surface area contributed by atoms with E-state index in [0.717, 1.165) is 17.8 Å². The number of halogens is 1. The minimum absolute atomic E-state index is 0.0443.